The molecule has 0 spiro atoms. The lowest BCUT2D eigenvalue weighted by Crippen LogP contribution is -2.05. The Labute approximate surface area is 149 Å². The highest BCUT2D eigenvalue weighted by molar-refractivity contribution is 5.32. The molecule has 1 aromatic carbocycles. The summed E-state index contributed by atoms with van der Waals surface area (Å²) in [4.78, 5) is 8.74. The van der Waals surface area contributed by atoms with Crippen molar-refractivity contribution in [1.29, 1.82) is 0 Å². The summed E-state index contributed by atoms with van der Waals surface area (Å²) in [6.45, 7) is 4.93. The van der Waals surface area contributed by atoms with Gasteiger partial charge in [0.15, 0.2) is 0 Å². The van der Waals surface area contributed by atoms with Crippen LogP contribution < -0.4 is 4.74 Å². The van der Waals surface area contributed by atoms with Gasteiger partial charge >= 0.3 is 0 Å². The SMILES string of the molecule is Cc1cncc(C)c1CCCOc1cccnc1Cc1ccccc1. The van der Waals surface area contributed by atoms with Crippen LogP contribution in [0, 0.1) is 13.8 Å². The molecular weight excluding hydrogens is 308 g/mol. The Bertz CT molecular complexity index is 795. The van der Waals surface area contributed by atoms with Crippen molar-refractivity contribution in [3.63, 3.8) is 0 Å². The van der Waals surface area contributed by atoms with Crippen molar-refractivity contribution in [1.82, 2.24) is 9.97 Å². The number of benzene rings is 1. The smallest absolute Gasteiger partial charge is 0.141 e. The Balaban J connectivity index is 1.58. The largest absolute Gasteiger partial charge is 0.492 e. The van der Waals surface area contributed by atoms with Gasteiger partial charge in [-0.1, -0.05) is 30.3 Å². The second-order valence-electron chi connectivity index (χ2n) is 6.31. The van der Waals surface area contributed by atoms with E-state index in [-0.39, 0.29) is 0 Å². The Hall–Kier alpha value is -2.68. The number of aryl methyl sites for hydroxylation is 2. The van der Waals surface area contributed by atoms with E-state index in [0.29, 0.717) is 6.61 Å². The van der Waals surface area contributed by atoms with Crippen LogP contribution in [0.2, 0.25) is 0 Å². The fourth-order valence-corrected chi connectivity index (χ4v) is 3.03. The third kappa shape index (κ3) is 4.66. The van der Waals surface area contributed by atoms with E-state index in [1.165, 1.54) is 22.3 Å². The first kappa shape index (κ1) is 17.2. The Morgan fingerprint density at radius 3 is 2.44 bits per heavy atom. The summed E-state index contributed by atoms with van der Waals surface area (Å²) in [5.41, 5.74) is 6.13. The average molecular weight is 332 g/mol. The van der Waals surface area contributed by atoms with Gasteiger partial charge in [0.1, 0.15) is 5.75 Å². The van der Waals surface area contributed by atoms with E-state index in [2.05, 4.69) is 48.1 Å². The molecule has 2 heterocycles. The van der Waals surface area contributed by atoms with Crippen LogP contribution in [0.15, 0.2) is 61.1 Å². The summed E-state index contributed by atoms with van der Waals surface area (Å²) in [6, 6.07) is 14.3. The molecule has 25 heavy (non-hydrogen) atoms. The lowest BCUT2D eigenvalue weighted by Gasteiger charge is -2.12. The van der Waals surface area contributed by atoms with Crippen molar-refractivity contribution in [2.45, 2.75) is 33.1 Å². The van der Waals surface area contributed by atoms with E-state index in [1.807, 2.05) is 36.8 Å². The topological polar surface area (TPSA) is 35.0 Å². The molecule has 0 amide bonds. The summed E-state index contributed by atoms with van der Waals surface area (Å²) in [7, 11) is 0. The molecular formula is C22H24N2O. The zero-order valence-electron chi connectivity index (χ0n) is 14.9. The monoisotopic (exact) mass is 332 g/mol. The normalized spacial score (nSPS) is 10.6. The van der Waals surface area contributed by atoms with Crippen molar-refractivity contribution in [3.8, 4) is 5.75 Å². The summed E-state index contributed by atoms with van der Waals surface area (Å²) < 4.78 is 6.03. The lowest BCUT2D eigenvalue weighted by molar-refractivity contribution is 0.306. The van der Waals surface area contributed by atoms with E-state index in [9.17, 15) is 0 Å². The first-order valence-corrected chi connectivity index (χ1v) is 8.75. The van der Waals surface area contributed by atoms with Crippen LogP contribution in [0.1, 0.15) is 34.4 Å². The van der Waals surface area contributed by atoms with Crippen LogP contribution in [-0.2, 0) is 12.8 Å². The molecule has 0 N–H and O–H groups in total. The predicted molar refractivity (Wildman–Crippen MR) is 101 cm³/mol. The highest BCUT2D eigenvalue weighted by Crippen LogP contribution is 2.20. The number of ether oxygens (including phenoxy) is 1. The molecule has 0 radical (unpaired) electrons. The summed E-state index contributed by atoms with van der Waals surface area (Å²) in [6.07, 6.45) is 8.47. The second kappa shape index (κ2) is 8.43. The average Bonchev–Trinajstić information content (AvgIpc) is 2.63. The molecule has 3 rings (SSSR count). The van der Waals surface area contributed by atoms with Gasteiger partial charge in [-0.15, -0.1) is 0 Å². The lowest BCUT2D eigenvalue weighted by atomic mass is 10.0. The molecule has 3 nitrogen and oxygen atoms in total. The van der Waals surface area contributed by atoms with Crippen LogP contribution in [0.4, 0.5) is 0 Å². The molecule has 0 fully saturated rings. The Morgan fingerprint density at radius 1 is 0.920 bits per heavy atom. The molecule has 0 aliphatic carbocycles. The molecule has 3 aromatic rings. The summed E-state index contributed by atoms with van der Waals surface area (Å²) in [5.74, 6) is 0.884. The quantitative estimate of drug-likeness (QED) is 0.588. The van der Waals surface area contributed by atoms with E-state index in [1.54, 1.807) is 0 Å². The number of nitrogens with zero attached hydrogens (tertiary/aromatic N) is 2. The minimum atomic E-state index is 0.689. The fraction of sp³-hybridized carbons (Fsp3) is 0.273. The van der Waals surface area contributed by atoms with Gasteiger partial charge < -0.3 is 4.74 Å². The van der Waals surface area contributed by atoms with Crippen LogP contribution in [0.3, 0.4) is 0 Å². The van der Waals surface area contributed by atoms with Crippen molar-refractivity contribution in [3.05, 3.63) is 89.0 Å². The zero-order chi connectivity index (χ0) is 17.5. The van der Waals surface area contributed by atoms with E-state index < -0.39 is 0 Å². The third-order valence-electron chi connectivity index (χ3n) is 4.38. The number of aromatic nitrogens is 2. The highest BCUT2D eigenvalue weighted by atomic mass is 16.5. The molecule has 0 saturated carbocycles. The van der Waals surface area contributed by atoms with Crippen molar-refractivity contribution >= 4 is 0 Å². The van der Waals surface area contributed by atoms with E-state index in [4.69, 9.17) is 4.74 Å². The summed E-state index contributed by atoms with van der Waals surface area (Å²) >= 11 is 0. The first-order valence-electron chi connectivity index (χ1n) is 8.75. The molecule has 0 saturated heterocycles. The van der Waals surface area contributed by atoms with Gasteiger partial charge in [-0.05, 0) is 61.1 Å². The molecule has 2 aromatic heterocycles. The Morgan fingerprint density at radius 2 is 1.68 bits per heavy atom. The third-order valence-corrected chi connectivity index (χ3v) is 4.38. The molecule has 0 bridgehead atoms. The van der Waals surface area contributed by atoms with Gasteiger partial charge in [0.25, 0.3) is 0 Å². The summed E-state index contributed by atoms with van der Waals surface area (Å²) in [5, 5.41) is 0. The molecule has 0 aliphatic heterocycles. The van der Waals surface area contributed by atoms with Crippen LogP contribution in [0.25, 0.3) is 0 Å². The maximum Gasteiger partial charge on any atom is 0.141 e. The minimum absolute atomic E-state index is 0.689. The van der Waals surface area contributed by atoms with Crippen LogP contribution in [0.5, 0.6) is 5.75 Å². The molecule has 0 atom stereocenters. The zero-order valence-corrected chi connectivity index (χ0v) is 14.9. The molecule has 3 heteroatoms. The van der Waals surface area contributed by atoms with Gasteiger partial charge in [-0.25, -0.2) is 0 Å². The van der Waals surface area contributed by atoms with Gasteiger partial charge in [-0.3, -0.25) is 9.97 Å². The fourth-order valence-electron chi connectivity index (χ4n) is 3.03. The Kier molecular flexibility index (Phi) is 5.78. The first-order chi connectivity index (χ1) is 12.2. The van der Waals surface area contributed by atoms with Crippen LogP contribution >= 0.6 is 0 Å². The van der Waals surface area contributed by atoms with Gasteiger partial charge in [0.05, 0.1) is 12.3 Å². The van der Waals surface area contributed by atoms with Gasteiger partial charge in [0.2, 0.25) is 0 Å². The van der Waals surface area contributed by atoms with E-state index >= 15 is 0 Å². The maximum atomic E-state index is 6.03. The molecule has 128 valence electrons. The number of rotatable bonds is 7. The second-order valence-corrected chi connectivity index (χ2v) is 6.31. The number of pyridine rings is 2. The predicted octanol–water partition coefficient (Wildman–Crippen LogP) is 4.70. The minimum Gasteiger partial charge on any atom is -0.492 e. The van der Waals surface area contributed by atoms with Crippen LogP contribution in [-0.4, -0.2) is 16.6 Å². The number of hydrogen-bond acceptors (Lipinski definition) is 3. The van der Waals surface area contributed by atoms with Crippen molar-refractivity contribution in [2.24, 2.45) is 0 Å². The van der Waals surface area contributed by atoms with E-state index in [0.717, 1.165) is 30.7 Å². The van der Waals surface area contributed by atoms with Gasteiger partial charge in [-0.2, -0.15) is 0 Å². The standard InChI is InChI=1S/C22H24N2O/c1-17-15-23-16-18(2)20(17)10-7-13-25-22-11-6-12-24-21(22)14-19-8-4-3-5-9-19/h3-6,8-9,11-12,15-16H,7,10,13-14H2,1-2H3. The van der Waals surface area contributed by atoms with Crippen molar-refractivity contribution in [2.75, 3.05) is 6.61 Å². The van der Waals surface area contributed by atoms with Crippen molar-refractivity contribution < 1.29 is 4.74 Å². The van der Waals surface area contributed by atoms with Gasteiger partial charge in [0, 0.05) is 25.0 Å². The molecule has 0 unspecified atom stereocenters. The number of hydrogen-bond donors (Lipinski definition) is 0. The molecule has 0 aliphatic rings. The highest BCUT2D eigenvalue weighted by Gasteiger charge is 2.07. The maximum absolute atomic E-state index is 6.03.